The van der Waals surface area contributed by atoms with Crippen LogP contribution < -0.4 is 5.32 Å². The topological polar surface area (TPSA) is 56.1 Å². The van der Waals surface area contributed by atoms with Gasteiger partial charge in [-0.15, -0.1) is 0 Å². The maximum absolute atomic E-state index is 13.7. The number of amides is 1. The summed E-state index contributed by atoms with van der Waals surface area (Å²) >= 11 is 0. The average Bonchev–Trinajstić information content (AvgIpc) is 2.38. The van der Waals surface area contributed by atoms with Gasteiger partial charge in [-0.3, -0.25) is 9.69 Å². The molecule has 0 aromatic heterocycles. The molecule has 0 saturated heterocycles. The van der Waals surface area contributed by atoms with E-state index in [0.29, 0.717) is 30.1 Å². The molecular formula is C15H20FN3O. The van der Waals surface area contributed by atoms with E-state index in [1.54, 1.807) is 24.1 Å². The largest absolute Gasteiger partial charge is 0.355 e. The average molecular weight is 277 g/mol. The fourth-order valence-electron chi connectivity index (χ4n) is 1.71. The van der Waals surface area contributed by atoms with Crippen LogP contribution in [0.3, 0.4) is 0 Å². The fraction of sp³-hybridized carbons (Fsp3) is 0.467. The second kappa shape index (κ2) is 7.61. The summed E-state index contributed by atoms with van der Waals surface area (Å²) in [5, 5.41) is 11.5. The molecule has 4 nitrogen and oxygen atoms in total. The first kappa shape index (κ1) is 16.1. The van der Waals surface area contributed by atoms with Crippen molar-refractivity contribution in [3.8, 4) is 6.07 Å². The van der Waals surface area contributed by atoms with E-state index in [-0.39, 0.29) is 12.5 Å². The molecule has 0 radical (unpaired) electrons. The Morgan fingerprint density at radius 2 is 2.20 bits per heavy atom. The van der Waals surface area contributed by atoms with Crippen molar-refractivity contribution in [3.05, 3.63) is 35.1 Å². The van der Waals surface area contributed by atoms with Gasteiger partial charge in [-0.05, 0) is 25.1 Å². The lowest BCUT2D eigenvalue weighted by Crippen LogP contribution is -2.36. The van der Waals surface area contributed by atoms with E-state index in [1.807, 2.05) is 19.9 Å². The third kappa shape index (κ3) is 5.37. The van der Waals surface area contributed by atoms with Crippen LogP contribution in [0.4, 0.5) is 4.39 Å². The zero-order chi connectivity index (χ0) is 15.1. The standard InChI is InChI=1S/C15H20FN3O/c1-11(2)8-18-15(20)10-19(3)9-13-5-4-12(7-17)6-14(13)16/h4-6,11H,8-10H2,1-3H3,(H,18,20). The molecule has 1 aromatic rings. The van der Waals surface area contributed by atoms with Gasteiger partial charge in [0.05, 0.1) is 18.2 Å². The van der Waals surface area contributed by atoms with Crippen molar-refractivity contribution in [2.24, 2.45) is 5.92 Å². The molecule has 1 rings (SSSR count). The lowest BCUT2D eigenvalue weighted by Gasteiger charge is -2.17. The van der Waals surface area contributed by atoms with Crippen LogP contribution in [0.1, 0.15) is 25.0 Å². The molecule has 1 aromatic carbocycles. The number of benzene rings is 1. The Morgan fingerprint density at radius 1 is 1.50 bits per heavy atom. The van der Waals surface area contributed by atoms with Crippen molar-refractivity contribution in [1.82, 2.24) is 10.2 Å². The summed E-state index contributed by atoms with van der Waals surface area (Å²) in [7, 11) is 1.76. The van der Waals surface area contributed by atoms with Gasteiger partial charge < -0.3 is 5.32 Å². The second-order valence-corrected chi connectivity index (χ2v) is 5.29. The molecule has 0 aliphatic heterocycles. The minimum atomic E-state index is -0.418. The number of likely N-dealkylation sites (N-methyl/N-ethyl adjacent to an activating group) is 1. The maximum Gasteiger partial charge on any atom is 0.234 e. The number of nitrogens with zero attached hydrogens (tertiary/aromatic N) is 2. The van der Waals surface area contributed by atoms with E-state index in [4.69, 9.17) is 5.26 Å². The van der Waals surface area contributed by atoms with E-state index < -0.39 is 5.82 Å². The van der Waals surface area contributed by atoms with E-state index in [9.17, 15) is 9.18 Å². The molecule has 0 heterocycles. The molecule has 0 aliphatic rings. The van der Waals surface area contributed by atoms with Gasteiger partial charge in [0.15, 0.2) is 0 Å². The number of nitriles is 1. The van der Waals surface area contributed by atoms with Gasteiger partial charge in [0.25, 0.3) is 0 Å². The summed E-state index contributed by atoms with van der Waals surface area (Å²) in [6.07, 6.45) is 0. The highest BCUT2D eigenvalue weighted by molar-refractivity contribution is 5.77. The lowest BCUT2D eigenvalue weighted by molar-refractivity contribution is -0.122. The molecule has 0 saturated carbocycles. The van der Waals surface area contributed by atoms with Crippen LogP contribution in [-0.4, -0.2) is 30.9 Å². The first-order valence-electron chi connectivity index (χ1n) is 6.56. The minimum absolute atomic E-state index is 0.0738. The molecule has 0 bridgehead atoms. The second-order valence-electron chi connectivity index (χ2n) is 5.29. The molecule has 0 atom stereocenters. The smallest absolute Gasteiger partial charge is 0.234 e. The van der Waals surface area contributed by atoms with Crippen LogP contribution in [0.5, 0.6) is 0 Å². The van der Waals surface area contributed by atoms with E-state index >= 15 is 0 Å². The number of nitrogens with one attached hydrogen (secondary N) is 1. The first-order chi connectivity index (χ1) is 9.42. The van der Waals surface area contributed by atoms with Gasteiger partial charge >= 0.3 is 0 Å². The molecule has 0 unspecified atom stereocenters. The normalized spacial score (nSPS) is 10.7. The Labute approximate surface area is 119 Å². The van der Waals surface area contributed by atoms with Gasteiger partial charge in [0, 0.05) is 18.7 Å². The summed E-state index contributed by atoms with van der Waals surface area (Å²) in [4.78, 5) is 13.4. The third-order valence-electron chi connectivity index (χ3n) is 2.74. The Kier molecular flexibility index (Phi) is 6.13. The number of hydrogen-bond donors (Lipinski definition) is 1. The SMILES string of the molecule is CC(C)CNC(=O)CN(C)Cc1ccc(C#N)cc1F. The van der Waals surface area contributed by atoms with Crippen molar-refractivity contribution in [3.63, 3.8) is 0 Å². The molecule has 0 aliphatic carbocycles. The first-order valence-corrected chi connectivity index (χ1v) is 6.56. The molecule has 1 amide bonds. The van der Waals surface area contributed by atoms with Crippen molar-refractivity contribution >= 4 is 5.91 Å². The molecule has 0 spiro atoms. The number of halogens is 1. The van der Waals surface area contributed by atoms with Gasteiger partial charge in [-0.2, -0.15) is 5.26 Å². The van der Waals surface area contributed by atoms with Crippen LogP contribution in [0.25, 0.3) is 0 Å². The van der Waals surface area contributed by atoms with E-state index in [0.717, 1.165) is 0 Å². The number of rotatable bonds is 6. The molecule has 0 fully saturated rings. The van der Waals surface area contributed by atoms with Gasteiger partial charge in [0.1, 0.15) is 5.82 Å². The highest BCUT2D eigenvalue weighted by atomic mass is 19.1. The minimum Gasteiger partial charge on any atom is -0.355 e. The summed E-state index contributed by atoms with van der Waals surface area (Å²) in [6, 6.07) is 6.25. The molecule has 108 valence electrons. The van der Waals surface area contributed by atoms with Crippen LogP contribution in [0.2, 0.25) is 0 Å². The van der Waals surface area contributed by atoms with Crippen molar-refractivity contribution in [2.45, 2.75) is 20.4 Å². The van der Waals surface area contributed by atoms with E-state index in [2.05, 4.69) is 5.32 Å². The predicted molar refractivity (Wildman–Crippen MR) is 75.3 cm³/mol. The van der Waals surface area contributed by atoms with Crippen LogP contribution in [0.15, 0.2) is 18.2 Å². The predicted octanol–water partition coefficient (Wildman–Crippen LogP) is 1.90. The fourth-order valence-corrected chi connectivity index (χ4v) is 1.71. The quantitative estimate of drug-likeness (QED) is 0.864. The van der Waals surface area contributed by atoms with Crippen molar-refractivity contribution in [2.75, 3.05) is 20.1 Å². The molecule has 1 N–H and O–H groups in total. The number of hydrogen-bond acceptors (Lipinski definition) is 3. The number of carbonyl (C=O) groups excluding carboxylic acids is 1. The maximum atomic E-state index is 13.7. The summed E-state index contributed by atoms with van der Waals surface area (Å²) in [5.74, 6) is -0.0889. The molecule has 20 heavy (non-hydrogen) atoms. The Balaban J connectivity index is 2.52. The van der Waals surface area contributed by atoms with Crippen LogP contribution in [0, 0.1) is 23.1 Å². The summed E-state index contributed by atoms with van der Waals surface area (Å²) in [5.41, 5.74) is 0.770. The van der Waals surface area contributed by atoms with Gasteiger partial charge in [0.2, 0.25) is 5.91 Å². The zero-order valence-electron chi connectivity index (χ0n) is 12.1. The van der Waals surface area contributed by atoms with Crippen molar-refractivity contribution < 1.29 is 9.18 Å². The summed E-state index contributed by atoms with van der Waals surface area (Å²) < 4.78 is 13.7. The van der Waals surface area contributed by atoms with E-state index in [1.165, 1.54) is 6.07 Å². The molecule has 5 heteroatoms. The van der Waals surface area contributed by atoms with Gasteiger partial charge in [-0.1, -0.05) is 19.9 Å². The lowest BCUT2D eigenvalue weighted by atomic mass is 10.1. The Bertz CT molecular complexity index is 508. The Hall–Kier alpha value is -1.93. The van der Waals surface area contributed by atoms with Crippen LogP contribution >= 0.6 is 0 Å². The van der Waals surface area contributed by atoms with Gasteiger partial charge in [-0.25, -0.2) is 4.39 Å². The highest BCUT2D eigenvalue weighted by Gasteiger charge is 2.10. The zero-order valence-corrected chi connectivity index (χ0v) is 12.1. The number of carbonyl (C=O) groups is 1. The summed E-state index contributed by atoms with van der Waals surface area (Å²) in [6.45, 7) is 5.23. The Morgan fingerprint density at radius 3 is 2.75 bits per heavy atom. The third-order valence-corrected chi connectivity index (χ3v) is 2.74. The van der Waals surface area contributed by atoms with Crippen LogP contribution in [-0.2, 0) is 11.3 Å². The monoisotopic (exact) mass is 277 g/mol. The molecular weight excluding hydrogens is 257 g/mol. The van der Waals surface area contributed by atoms with Crippen molar-refractivity contribution in [1.29, 1.82) is 5.26 Å². The highest BCUT2D eigenvalue weighted by Crippen LogP contribution is 2.11.